The Hall–Kier alpha value is -2.83. The Morgan fingerprint density at radius 2 is 1.88 bits per heavy atom. The standard InChI is InChI=1S/C18H24N4O3/c1-5-6-11-22(2)17-10-9-16(20-21-17)19-18(23)13-7-8-14(24-3)15(12-13)25-4/h7-10,12H,5-6,11H2,1-4H3,(H,19,20,23). The van der Waals surface area contributed by atoms with Crippen LogP contribution in [0.2, 0.25) is 0 Å². The van der Waals surface area contributed by atoms with Crippen LogP contribution < -0.4 is 19.7 Å². The van der Waals surface area contributed by atoms with Gasteiger partial charge in [0.25, 0.3) is 5.91 Å². The molecule has 1 amide bonds. The summed E-state index contributed by atoms with van der Waals surface area (Å²) >= 11 is 0. The number of methoxy groups -OCH3 is 2. The van der Waals surface area contributed by atoms with E-state index in [4.69, 9.17) is 9.47 Å². The van der Waals surface area contributed by atoms with Crippen molar-refractivity contribution in [1.82, 2.24) is 10.2 Å². The molecule has 25 heavy (non-hydrogen) atoms. The summed E-state index contributed by atoms with van der Waals surface area (Å²) in [6.45, 7) is 3.06. The SMILES string of the molecule is CCCCN(C)c1ccc(NC(=O)c2ccc(OC)c(OC)c2)nn1. The van der Waals surface area contributed by atoms with E-state index in [1.807, 2.05) is 18.0 Å². The number of unbranched alkanes of at least 4 members (excludes halogenated alkanes) is 1. The van der Waals surface area contributed by atoms with Crippen molar-refractivity contribution in [3.8, 4) is 11.5 Å². The quantitative estimate of drug-likeness (QED) is 0.793. The summed E-state index contributed by atoms with van der Waals surface area (Å²) in [6.07, 6.45) is 2.22. The van der Waals surface area contributed by atoms with Crippen LogP contribution in [0.3, 0.4) is 0 Å². The first-order chi connectivity index (χ1) is 12.1. The summed E-state index contributed by atoms with van der Waals surface area (Å²) in [5.41, 5.74) is 0.448. The second-order valence-electron chi connectivity index (χ2n) is 5.58. The van der Waals surface area contributed by atoms with Gasteiger partial charge in [-0.1, -0.05) is 13.3 Å². The molecule has 0 unspecified atom stereocenters. The third-order valence-corrected chi connectivity index (χ3v) is 3.78. The van der Waals surface area contributed by atoms with E-state index in [0.717, 1.165) is 25.2 Å². The van der Waals surface area contributed by atoms with E-state index in [2.05, 4.69) is 22.4 Å². The highest BCUT2D eigenvalue weighted by atomic mass is 16.5. The zero-order valence-corrected chi connectivity index (χ0v) is 15.1. The Morgan fingerprint density at radius 1 is 1.12 bits per heavy atom. The zero-order chi connectivity index (χ0) is 18.2. The monoisotopic (exact) mass is 344 g/mol. The topological polar surface area (TPSA) is 76.6 Å². The maximum atomic E-state index is 12.4. The molecular formula is C18H24N4O3. The largest absolute Gasteiger partial charge is 0.493 e. The number of nitrogens with zero attached hydrogens (tertiary/aromatic N) is 3. The number of carbonyl (C=O) groups is 1. The Morgan fingerprint density at radius 3 is 2.48 bits per heavy atom. The minimum Gasteiger partial charge on any atom is -0.493 e. The lowest BCUT2D eigenvalue weighted by Crippen LogP contribution is -2.20. The van der Waals surface area contributed by atoms with Crippen molar-refractivity contribution in [3.05, 3.63) is 35.9 Å². The summed E-state index contributed by atoms with van der Waals surface area (Å²) in [5, 5.41) is 11.0. The smallest absolute Gasteiger partial charge is 0.257 e. The zero-order valence-electron chi connectivity index (χ0n) is 15.1. The molecule has 0 fully saturated rings. The molecule has 0 aliphatic heterocycles. The lowest BCUT2D eigenvalue weighted by molar-refractivity contribution is 0.102. The van der Waals surface area contributed by atoms with Crippen molar-refractivity contribution < 1.29 is 14.3 Å². The molecule has 2 rings (SSSR count). The van der Waals surface area contributed by atoms with Gasteiger partial charge in [-0.25, -0.2) is 0 Å². The molecule has 1 N–H and O–H groups in total. The number of hydrogen-bond donors (Lipinski definition) is 1. The van der Waals surface area contributed by atoms with E-state index in [9.17, 15) is 4.79 Å². The fourth-order valence-corrected chi connectivity index (χ4v) is 2.27. The molecule has 1 aromatic heterocycles. The second kappa shape index (κ2) is 8.86. The van der Waals surface area contributed by atoms with Gasteiger partial charge < -0.3 is 19.7 Å². The summed E-state index contributed by atoms with van der Waals surface area (Å²) in [5.74, 6) is 1.94. The number of carbonyl (C=O) groups excluding carboxylic acids is 1. The van der Waals surface area contributed by atoms with Gasteiger partial charge >= 0.3 is 0 Å². The van der Waals surface area contributed by atoms with Gasteiger partial charge in [-0.05, 0) is 36.8 Å². The van der Waals surface area contributed by atoms with Crippen molar-refractivity contribution in [2.24, 2.45) is 0 Å². The minimum absolute atomic E-state index is 0.289. The fraction of sp³-hybridized carbons (Fsp3) is 0.389. The van der Waals surface area contributed by atoms with Gasteiger partial charge in [0.1, 0.15) is 0 Å². The van der Waals surface area contributed by atoms with Gasteiger partial charge in [-0.3, -0.25) is 4.79 Å². The fourth-order valence-electron chi connectivity index (χ4n) is 2.27. The van der Waals surface area contributed by atoms with Gasteiger partial charge in [0.15, 0.2) is 23.1 Å². The van der Waals surface area contributed by atoms with Crippen molar-refractivity contribution in [1.29, 1.82) is 0 Å². The van der Waals surface area contributed by atoms with E-state index < -0.39 is 0 Å². The average molecular weight is 344 g/mol. The highest BCUT2D eigenvalue weighted by Gasteiger charge is 2.12. The van der Waals surface area contributed by atoms with E-state index in [0.29, 0.717) is 22.9 Å². The first kappa shape index (κ1) is 18.5. The molecule has 0 atom stereocenters. The van der Waals surface area contributed by atoms with Crippen LogP contribution in [-0.4, -0.2) is 43.9 Å². The van der Waals surface area contributed by atoms with Crippen molar-refractivity contribution in [2.45, 2.75) is 19.8 Å². The summed E-state index contributed by atoms with van der Waals surface area (Å²) in [6, 6.07) is 8.55. The number of amides is 1. The maximum Gasteiger partial charge on any atom is 0.257 e. The van der Waals surface area contributed by atoms with Crippen LogP contribution in [-0.2, 0) is 0 Å². The van der Waals surface area contributed by atoms with E-state index >= 15 is 0 Å². The van der Waals surface area contributed by atoms with Crippen LogP contribution in [0.15, 0.2) is 30.3 Å². The molecule has 1 aromatic carbocycles. The Balaban J connectivity index is 2.05. The molecule has 1 heterocycles. The van der Waals surface area contributed by atoms with Crippen molar-refractivity contribution in [3.63, 3.8) is 0 Å². The van der Waals surface area contributed by atoms with Crippen molar-refractivity contribution >= 4 is 17.5 Å². The highest BCUT2D eigenvalue weighted by Crippen LogP contribution is 2.27. The van der Waals surface area contributed by atoms with Crippen LogP contribution in [0.1, 0.15) is 30.1 Å². The number of ether oxygens (including phenoxy) is 2. The number of hydrogen-bond acceptors (Lipinski definition) is 6. The predicted molar refractivity (Wildman–Crippen MR) is 97.7 cm³/mol. The first-order valence-corrected chi connectivity index (χ1v) is 8.17. The van der Waals surface area contributed by atoms with Crippen LogP contribution in [0.25, 0.3) is 0 Å². The molecular weight excluding hydrogens is 320 g/mol. The molecule has 7 nitrogen and oxygen atoms in total. The highest BCUT2D eigenvalue weighted by molar-refractivity contribution is 6.04. The third kappa shape index (κ3) is 4.82. The van der Waals surface area contributed by atoms with Gasteiger partial charge in [0, 0.05) is 19.2 Å². The molecule has 0 bridgehead atoms. The van der Waals surface area contributed by atoms with Crippen LogP contribution in [0.5, 0.6) is 11.5 Å². The van der Waals surface area contributed by atoms with Crippen LogP contribution in [0.4, 0.5) is 11.6 Å². The summed E-state index contributed by atoms with van der Waals surface area (Å²) in [7, 11) is 5.05. The molecule has 134 valence electrons. The lowest BCUT2D eigenvalue weighted by Gasteiger charge is -2.17. The third-order valence-electron chi connectivity index (χ3n) is 3.78. The normalized spacial score (nSPS) is 10.2. The number of rotatable bonds is 8. The summed E-state index contributed by atoms with van der Waals surface area (Å²) in [4.78, 5) is 14.4. The average Bonchev–Trinajstić information content (AvgIpc) is 2.65. The minimum atomic E-state index is -0.289. The Kier molecular flexibility index (Phi) is 6.56. The maximum absolute atomic E-state index is 12.4. The molecule has 0 radical (unpaired) electrons. The predicted octanol–water partition coefficient (Wildman–Crippen LogP) is 2.98. The first-order valence-electron chi connectivity index (χ1n) is 8.17. The molecule has 0 spiro atoms. The molecule has 2 aromatic rings. The lowest BCUT2D eigenvalue weighted by atomic mass is 10.2. The van der Waals surface area contributed by atoms with E-state index in [-0.39, 0.29) is 5.91 Å². The number of benzene rings is 1. The van der Waals surface area contributed by atoms with Crippen molar-refractivity contribution in [2.75, 3.05) is 38.0 Å². The second-order valence-corrected chi connectivity index (χ2v) is 5.58. The van der Waals surface area contributed by atoms with Gasteiger partial charge in [0.2, 0.25) is 0 Å². The molecule has 0 aliphatic carbocycles. The number of aromatic nitrogens is 2. The molecule has 0 aliphatic rings. The van der Waals surface area contributed by atoms with Gasteiger partial charge in [0.05, 0.1) is 14.2 Å². The van der Waals surface area contributed by atoms with Crippen LogP contribution >= 0.6 is 0 Å². The van der Waals surface area contributed by atoms with Gasteiger partial charge in [-0.15, -0.1) is 10.2 Å². The van der Waals surface area contributed by atoms with E-state index in [1.165, 1.54) is 7.11 Å². The molecule has 7 heteroatoms. The Bertz CT molecular complexity index is 704. The summed E-state index contributed by atoms with van der Waals surface area (Å²) < 4.78 is 10.4. The number of nitrogens with one attached hydrogen (secondary N) is 1. The number of anilines is 2. The molecule has 0 saturated heterocycles. The van der Waals surface area contributed by atoms with Crippen LogP contribution in [0, 0.1) is 0 Å². The Labute approximate surface area is 148 Å². The van der Waals surface area contributed by atoms with E-state index in [1.54, 1.807) is 31.4 Å². The van der Waals surface area contributed by atoms with Gasteiger partial charge in [-0.2, -0.15) is 0 Å². The molecule has 0 saturated carbocycles.